The second-order valence-electron chi connectivity index (χ2n) is 6.45. The second-order valence-corrected chi connectivity index (χ2v) is 6.45. The first-order valence-corrected chi connectivity index (χ1v) is 8.57. The highest BCUT2D eigenvalue weighted by Crippen LogP contribution is 2.39. The Morgan fingerprint density at radius 2 is 1.85 bits per heavy atom. The second kappa shape index (κ2) is 7.63. The van der Waals surface area contributed by atoms with Gasteiger partial charge in [0.1, 0.15) is 11.5 Å². The summed E-state index contributed by atoms with van der Waals surface area (Å²) in [5.74, 6) is -1.67. The van der Waals surface area contributed by atoms with Crippen LogP contribution in [0.25, 0.3) is 5.76 Å². The van der Waals surface area contributed by atoms with Crippen LogP contribution in [0.3, 0.4) is 0 Å². The van der Waals surface area contributed by atoms with E-state index in [-0.39, 0.29) is 30.2 Å². The number of aliphatic hydroxyl groups excluding tert-OH is 1. The third-order valence-corrected chi connectivity index (χ3v) is 4.59. The average molecular weight is 367 g/mol. The summed E-state index contributed by atoms with van der Waals surface area (Å²) in [6.45, 7) is 2.35. The van der Waals surface area contributed by atoms with Gasteiger partial charge in [-0.05, 0) is 24.6 Å². The highest BCUT2D eigenvalue weighted by molar-refractivity contribution is 6.46. The van der Waals surface area contributed by atoms with Crippen molar-refractivity contribution in [1.29, 1.82) is 0 Å². The smallest absolute Gasteiger partial charge is 0.295 e. The number of phenols is 1. The number of ether oxygens (including phenoxy) is 1. The first-order valence-electron chi connectivity index (χ1n) is 8.57. The number of methoxy groups -OCH3 is 1. The summed E-state index contributed by atoms with van der Waals surface area (Å²) in [7, 11) is 1.51. The molecule has 6 heteroatoms. The SMILES string of the molecule is COCCN1C(=O)C(=O)C(=C(O)c2ccc(C)cc2)[C@@H]1c1cccc(O)c1. The standard InChI is InChI=1S/C21H21NO5/c1-13-6-8-14(9-7-13)19(24)17-18(15-4-3-5-16(23)12-15)22(10-11-27-2)21(26)20(17)25/h3-9,12,18,23-24H,10-11H2,1-2H3/t18-/m0/s1. The number of ketones is 1. The Labute approximate surface area is 157 Å². The van der Waals surface area contributed by atoms with Crippen molar-refractivity contribution in [2.75, 3.05) is 20.3 Å². The maximum Gasteiger partial charge on any atom is 0.295 e. The molecule has 3 rings (SSSR count). The maximum absolute atomic E-state index is 12.7. The van der Waals surface area contributed by atoms with Crippen LogP contribution in [0.1, 0.15) is 22.7 Å². The number of nitrogens with zero attached hydrogens (tertiary/aromatic N) is 1. The number of likely N-dealkylation sites (tertiary alicyclic amines) is 1. The molecule has 0 aliphatic carbocycles. The molecule has 0 saturated carbocycles. The van der Waals surface area contributed by atoms with Crippen molar-refractivity contribution in [3.63, 3.8) is 0 Å². The van der Waals surface area contributed by atoms with Crippen LogP contribution >= 0.6 is 0 Å². The van der Waals surface area contributed by atoms with Crippen molar-refractivity contribution >= 4 is 17.4 Å². The summed E-state index contributed by atoms with van der Waals surface area (Å²) in [6, 6.07) is 12.6. The number of benzene rings is 2. The third kappa shape index (κ3) is 3.57. The summed E-state index contributed by atoms with van der Waals surface area (Å²) >= 11 is 0. The quantitative estimate of drug-likeness (QED) is 0.482. The van der Waals surface area contributed by atoms with E-state index >= 15 is 0 Å². The van der Waals surface area contributed by atoms with E-state index in [9.17, 15) is 19.8 Å². The lowest BCUT2D eigenvalue weighted by atomic mass is 9.95. The Hall–Kier alpha value is -3.12. The molecule has 1 fully saturated rings. The maximum atomic E-state index is 12.7. The number of carbonyl (C=O) groups is 2. The molecule has 2 aromatic rings. The summed E-state index contributed by atoms with van der Waals surface area (Å²) in [4.78, 5) is 26.7. The molecule has 1 aliphatic rings. The fourth-order valence-electron chi connectivity index (χ4n) is 3.21. The van der Waals surface area contributed by atoms with Crippen molar-refractivity contribution < 1.29 is 24.5 Å². The number of rotatable bonds is 5. The van der Waals surface area contributed by atoms with Crippen molar-refractivity contribution in [3.8, 4) is 5.75 Å². The summed E-state index contributed by atoms with van der Waals surface area (Å²) in [5, 5.41) is 20.7. The van der Waals surface area contributed by atoms with Crippen LogP contribution in [-0.4, -0.2) is 47.1 Å². The van der Waals surface area contributed by atoms with E-state index in [0.29, 0.717) is 11.1 Å². The Morgan fingerprint density at radius 3 is 2.48 bits per heavy atom. The number of aryl methyl sites for hydroxylation is 1. The first kappa shape index (κ1) is 18.7. The molecule has 0 radical (unpaired) electrons. The monoisotopic (exact) mass is 367 g/mol. The fourth-order valence-corrected chi connectivity index (χ4v) is 3.21. The lowest BCUT2D eigenvalue weighted by Crippen LogP contribution is -2.32. The third-order valence-electron chi connectivity index (χ3n) is 4.59. The van der Waals surface area contributed by atoms with Crippen LogP contribution in [0, 0.1) is 6.92 Å². The number of carbonyl (C=O) groups excluding carboxylic acids is 2. The van der Waals surface area contributed by atoms with Crippen molar-refractivity contribution in [3.05, 3.63) is 70.8 Å². The van der Waals surface area contributed by atoms with Gasteiger partial charge in [0.2, 0.25) is 0 Å². The van der Waals surface area contributed by atoms with Crippen LogP contribution in [0.5, 0.6) is 5.75 Å². The largest absolute Gasteiger partial charge is 0.508 e. The Balaban J connectivity index is 2.16. The van der Waals surface area contributed by atoms with Gasteiger partial charge in [0.15, 0.2) is 0 Å². The Morgan fingerprint density at radius 1 is 1.15 bits per heavy atom. The van der Waals surface area contributed by atoms with Crippen molar-refractivity contribution in [2.45, 2.75) is 13.0 Å². The van der Waals surface area contributed by atoms with Crippen molar-refractivity contribution in [1.82, 2.24) is 4.90 Å². The van der Waals surface area contributed by atoms with E-state index in [1.54, 1.807) is 24.3 Å². The van der Waals surface area contributed by atoms with Crippen LogP contribution in [0.2, 0.25) is 0 Å². The van der Waals surface area contributed by atoms with E-state index in [1.165, 1.54) is 24.1 Å². The van der Waals surface area contributed by atoms with Gasteiger partial charge in [-0.15, -0.1) is 0 Å². The molecule has 1 heterocycles. The molecule has 1 amide bonds. The molecule has 1 saturated heterocycles. The summed E-state index contributed by atoms with van der Waals surface area (Å²) < 4.78 is 5.06. The molecule has 1 aliphatic heterocycles. The minimum absolute atomic E-state index is 0.00514. The molecule has 0 bridgehead atoms. The first-order chi connectivity index (χ1) is 12.9. The molecule has 0 spiro atoms. The number of phenolic OH excluding ortho intramolecular Hbond substituents is 1. The number of hydrogen-bond acceptors (Lipinski definition) is 5. The predicted molar refractivity (Wildman–Crippen MR) is 100 cm³/mol. The van der Waals surface area contributed by atoms with Gasteiger partial charge in [-0.1, -0.05) is 42.0 Å². The Kier molecular flexibility index (Phi) is 5.28. The number of aliphatic hydroxyl groups is 1. The number of amides is 1. The molecule has 140 valence electrons. The topological polar surface area (TPSA) is 87.1 Å². The number of aromatic hydroxyl groups is 1. The van der Waals surface area contributed by atoms with E-state index in [0.717, 1.165) is 5.56 Å². The van der Waals surface area contributed by atoms with Gasteiger partial charge >= 0.3 is 0 Å². The predicted octanol–water partition coefficient (Wildman–Crippen LogP) is 2.77. The fraction of sp³-hybridized carbons (Fsp3) is 0.238. The van der Waals surface area contributed by atoms with E-state index in [4.69, 9.17) is 4.74 Å². The molecule has 27 heavy (non-hydrogen) atoms. The highest BCUT2D eigenvalue weighted by Gasteiger charge is 2.45. The lowest BCUT2D eigenvalue weighted by Gasteiger charge is -2.25. The van der Waals surface area contributed by atoms with Crippen LogP contribution in [-0.2, 0) is 14.3 Å². The number of hydrogen-bond donors (Lipinski definition) is 2. The van der Waals surface area contributed by atoms with Gasteiger partial charge in [-0.3, -0.25) is 9.59 Å². The van der Waals surface area contributed by atoms with E-state index in [2.05, 4.69) is 0 Å². The van der Waals surface area contributed by atoms with E-state index in [1.807, 2.05) is 19.1 Å². The minimum atomic E-state index is -0.798. The zero-order chi connectivity index (χ0) is 19.6. The number of Topliss-reactive ketones (excluding diaryl/α,β-unsaturated/α-hetero) is 1. The normalized spacial score (nSPS) is 18.9. The molecular formula is C21H21NO5. The van der Waals surface area contributed by atoms with Gasteiger partial charge in [0, 0.05) is 19.2 Å². The van der Waals surface area contributed by atoms with Gasteiger partial charge in [0.25, 0.3) is 11.7 Å². The molecule has 6 nitrogen and oxygen atoms in total. The van der Waals surface area contributed by atoms with Crippen LogP contribution < -0.4 is 0 Å². The van der Waals surface area contributed by atoms with Crippen molar-refractivity contribution in [2.24, 2.45) is 0 Å². The Bertz CT molecular complexity index is 901. The van der Waals surface area contributed by atoms with Gasteiger partial charge in [-0.2, -0.15) is 0 Å². The van der Waals surface area contributed by atoms with E-state index < -0.39 is 17.7 Å². The summed E-state index contributed by atoms with van der Waals surface area (Å²) in [5.41, 5.74) is 2.01. The zero-order valence-electron chi connectivity index (χ0n) is 15.2. The minimum Gasteiger partial charge on any atom is -0.508 e. The zero-order valence-corrected chi connectivity index (χ0v) is 15.2. The van der Waals surface area contributed by atoms with Gasteiger partial charge < -0.3 is 19.8 Å². The van der Waals surface area contributed by atoms with Gasteiger partial charge in [-0.25, -0.2) is 0 Å². The molecule has 0 aromatic heterocycles. The summed E-state index contributed by atoms with van der Waals surface area (Å²) in [6.07, 6.45) is 0. The molecule has 2 aromatic carbocycles. The highest BCUT2D eigenvalue weighted by atomic mass is 16.5. The molecule has 0 unspecified atom stereocenters. The van der Waals surface area contributed by atoms with Crippen LogP contribution in [0.15, 0.2) is 54.1 Å². The molecule has 2 N–H and O–H groups in total. The van der Waals surface area contributed by atoms with Crippen LogP contribution in [0.4, 0.5) is 0 Å². The molecular weight excluding hydrogens is 346 g/mol. The molecule has 1 atom stereocenters. The van der Waals surface area contributed by atoms with Gasteiger partial charge in [0.05, 0.1) is 18.2 Å². The average Bonchev–Trinajstić information content (AvgIpc) is 2.91. The lowest BCUT2D eigenvalue weighted by molar-refractivity contribution is -0.140.